The van der Waals surface area contributed by atoms with Crippen LogP contribution in [0.25, 0.3) is 0 Å². The second-order valence-electron chi connectivity index (χ2n) is 3.60. The van der Waals surface area contributed by atoms with Crippen molar-refractivity contribution >= 4 is 17.9 Å². The number of carboxylic acids is 2. The Kier molecular flexibility index (Phi) is 6.64. The molecule has 0 spiro atoms. The predicted octanol–water partition coefficient (Wildman–Crippen LogP) is -6.03. The van der Waals surface area contributed by atoms with Gasteiger partial charge in [-0.05, 0) is 19.8 Å². The van der Waals surface area contributed by atoms with Gasteiger partial charge in [0.2, 0.25) is 0 Å². The number of guanidine groups is 1. The largest absolute Gasteiger partial charge is 0.548 e. The molecule has 0 aliphatic carbocycles. The van der Waals surface area contributed by atoms with E-state index in [1.54, 1.807) is 0 Å². The van der Waals surface area contributed by atoms with Crippen LogP contribution in [-0.2, 0) is 9.59 Å². The van der Waals surface area contributed by atoms with E-state index in [-0.39, 0.29) is 12.4 Å². The number of nitrogens with one attached hydrogen (secondary N) is 2. The molecule has 0 aliphatic rings. The summed E-state index contributed by atoms with van der Waals surface area (Å²) in [6.07, 6.45) is 0.642. The molecule has 0 saturated carbocycles. The molecule has 6 N–H and O–H groups in total. The lowest BCUT2D eigenvalue weighted by Gasteiger charge is -2.24. The smallest absolute Gasteiger partial charge is 0.338 e. The van der Waals surface area contributed by atoms with Crippen molar-refractivity contribution in [3.63, 3.8) is 0 Å². The highest BCUT2D eigenvalue weighted by Gasteiger charge is 2.13. The first kappa shape index (κ1) is 15.2. The molecule has 2 atom stereocenters. The molecule has 0 rings (SSSR count). The van der Waals surface area contributed by atoms with Crippen LogP contribution in [-0.4, -0.2) is 36.5 Å². The summed E-state index contributed by atoms with van der Waals surface area (Å²) < 4.78 is 0. The summed E-state index contributed by atoms with van der Waals surface area (Å²) in [4.78, 5) is 23.8. The summed E-state index contributed by atoms with van der Waals surface area (Å²) in [7, 11) is 0. The van der Waals surface area contributed by atoms with Gasteiger partial charge in [-0.25, -0.2) is 0 Å². The monoisotopic (exact) mass is 245 g/mol. The Morgan fingerprint density at radius 2 is 1.88 bits per heavy atom. The second kappa shape index (κ2) is 7.44. The van der Waals surface area contributed by atoms with Crippen LogP contribution in [0.4, 0.5) is 0 Å². The lowest BCUT2D eigenvalue weighted by Crippen LogP contribution is -2.78. The van der Waals surface area contributed by atoms with Crippen molar-refractivity contribution in [1.29, 1.82) is 0 Å². The first-order valence-electron chi connectivity index (χ1n) is 5.14. The summed E-state index contributed by atoms with van der Waals surface area (Å²) in [5.41, 5.74) is 10.3. The number of hydrogen-bond donors (Lipinski definition) is 4. The number of hydrogen-bond acceptors (Lipinski definition) is 5. The molecule has 0 aromatic rings. The van der Waals surface area contributed by atoms with Gasteiger partial charge in [0.25, 0.3) is 0 Å². The van der Waals surface area contributed by atoms with Gasteiger partial charge >= 0.3 is 5.96 Å². The highest BCUT2D eigenvalue weighted by atomic mass is 16.4. The van der Waals surface area contributed by atoms with E-state index in [1.807, 2.05) is 0 Å². The molecular formula is C9H17N4O4-. The van der Waals surface area contributed by atoms with Crippen LogP contribution >= 0.6 is 0 Å². The van der Waals surface area contributed by atoms with Gasteiger partial charge in [-0.15, -0.1) is 0 Å². The van der Waals surface area contributed by atoms with E-state index < -0.39 is 24.0 Å². The van der Waals surface area contributed by atoms with Gasteiger partial charge < -0.3 is 25.1 Å². The van der Waals surface area contributed by atoms with Crippen LogP contribution < -0.4 is 32.0 Å². The van der Waals surface area contributed by atoms with E-state index in [9.17, 15) is 19.8 Å². The van der Waals surface area contributed by atoms with Crippen molar-refractivity contribution in [2.24, 2.45) is 11.5 Å². The minimum Gasteiger partial charge on any atom is -0.548 e. The van der Waals surface area contributed by atoms with Crippen molar-refractivity contribution in [3.05, 3.63) is 0 Å². The van der Waals surface area contributed by atoms with Gasteiger partial charge in [-0.3, -0.25) is 16.5 Å². The zero-order valence-corrected chi connectivity index (χ0v) is 9.56. The van der Waals surface area contributed by atoms with Gasteiger partial charge in [0.05, 0.1) is 18.5 Å². The van der Waals surface area contributed by atoms with Crippen molar-refractivity contribution in [2.75, 3.05) is 6.54 Å². The standard InChI is InChI=1S/C9H18N4O4/c1-5(7(14)15)13-6(8(16)17)3-2-4-12-9(10)11/h5-6,13H,2-4H2,1H3,(H,14,15)(H,16,17)(H4,10,11,12)/p-1/t5-,6+/m1/s1. The SMILES string of the molecule is C[C@@H](N[C@@H](CCC[NH+]=C(N)N)C(=O)[O-])C(=O)[O-]. The van der Waals surface area contributed by atoms with Gasteiger partial charge in [0.1, 0.15) is 0 Å². The van der Waals surface area contributed by atoms with Gasteiger partial charge in [-0.2, -0.15) is 0 Å². The van der Waals surface area contributed by atoms with Crippen LogP contribution in [0.2, 0.25) is 0 Å². The lowest BCUT2D eigenvalue weighted by molar-refractivity contribution is -0.459. The Balaban J connectivity index is 4.12. The number of carbonyl (C=O) groups excluding carboxylic acids is 2. The molecule has 0 fully saturated rings. The fourth-order valence-corrected chi connectivity index (χ4v) is 1.18. The number of carbonyl (C=O) groups is 2. The Morgan fingerprint density at radius 3 is 2.29 bits per heavy atom. The summed E-state index contributed by atoms with van der Waals surface area (Å²) in [6, 6.07) is -2.11. The first-order valence-corrected chi connectivity index (χ1v) is 5.14. The maximum Gasteiger partial charge on any atom is 0.338 e. The third kappa shape index (κ3) is 7.12. The molecule has 98 valence electrons. The minimum absolute atomic E-state index is 0.0473. The van der Waals surface area contributed by atoms with Crippen LogP contribution in [0.5, 0.6) is 0 Å². The van der Waals surface area contributed by atoms with E-state index in [0.717, 1.165) is 0 Å². The molecular weight excluding hydrogens is 228 g/mol. The maximum atomic E-state index is 10.7. The first-order chi connectivity index (χ1) is 7.84. The Labute approximate surface area is 98.7 Å². The average Bonchev–Trinajstić information content (AvgIpc) is 2.21. The van der Waals surface area contributed by atoms with Crippen LogP contribution in [0, 0.1) is 0 Å². The van der Waals surface area contributed by atoms with Crippen molar-refractivity contribution in [2.45, 2.75) is 31.8 Å². The Hall–Kier alpha value is -1.83. The molecule has 17 heavy (non-hydrogen) atoms. The van der Waals surface area contributed by atoms with E-state index in [1.165, 1.54) is 6.92 Å². The van der Waals surface area contributed by atoms with E-state index in [2.05, 4.69) is 10.3 Å². The molecule has 0 saturated heterocycles. The normalized spacial score (nSPS) is 13.7. The highest BCUT2D eigenvalue weighted by Crippen LogP contribution is 1.96. The summed E-state index contributed by atoms with van der Waals surface area (Å²) >= 11 is 0. The molecule has 0 amide bonds. The fourth-order valence-electron chi connectivity index (χ4n) is 1.18. The quantitative estimate of drug-likeness (QED) is 0.188. The summed E-state index contributed by atoms with van der Waals surface area (Å²) in [6.45, 7) is 1.70. The van der Waals surface area contributed by atoms with E-state index in [0.29, 0.717) is 13.0 Å². The fraction of sp³-hybridized carbons (Fsp3) is 0.667. The highest BCUT2D eigenvalue weighted by molar-refractivity contribution is 5.74. The van der Waals surface area contributed by atoms with Gasteiger partial charge in [-0.1, -0.05) is 0 Å². The van der Waals surface area contributed by atoms with Crippen LogP contribution in [0.3, 0.4) is 0 Å². The zero-order chi connectivity index (χ0) is 13.4. The third-order valence-corrected chi connectivity index (χ3v) is 2.09. The Bertz CT molecular complexity index is 301. The van der Waals surface area contributed by atoms with Crippen molar-refractivity contribution < 1.29 is 24.8 Å². The molecule has 0 unspecified atom stereocenters. The lowest BCUT2D eigenvalue weighted by atomic mass is 10.1. The number of rotatable bonds is 8. The molecule has 0 aliphatic heterocycles. The van der Waals surface area contributed by atoms with Gasteiger partial charge in [0, 0.05) is 12.1 Å². The molecule has 0 heterocycles. The molecule has 8 heteroatoms. The van der Waals surface area contributed by atoms with E-state index >= 15 is 0 Å². The van der Waals surface area contributed by atoms with Crippen molar-refractivity contribution in [3.8, 4) is 0 Å². The summed E-state index contributed by atoms with van der Waals surface area (Å²) in [5.74, 6) is -2.68. The summed E-state index contributed by atoms with van der Waals surface area (Å²) in [5, 5.41) is 23.5. The average molecular weight is 245 g/mol. The minimum atomic E-state index is -1.37. The maximum absolute atomic E-state index is 10.7. The van der Waals surface area contributed by atoms with Crippen LogP contribution in [0.15, 0.2) is 0 Å². The van der Waals surface area contributed by atoms with Crippen LogP contribution in [0.1, 0.15) is 19.8 Å². The molecule has 0 aromatic carbocycles. The number of carboxylic acid groups (broad SMARTS) is 2. The number of aliphatic carboxylic acids is 2. The third-order valence-electron chi connectivity index (χ3n) is 2.09. The van der Waals surface area contributed by atoms with Gasteiger partial charge in [0.15, 0.2) is 0 Å². The molecule has 0 radical (unpaired) electrons. The molecule has 0 aromatic heterocycles. The number of nitrogens with two attached hydrogens (primary N) is 2. The Morgan fingerprint density at radius 1 is 1.29 bits per heavy atom. The molecule has 0 bridgehead atoms. The second-order valence-corrected chi connectivity index (χ2v) is 3.60. The topological polar surface area (TPSA) is 158 Å². The molecule has 8 nitrogen and oxygen atoms in total. The zero-order valence-electron chi connectivity index (χ0n) is 9.56. The van der Waals surface area contributed by atoms with E-state index in [4.69, 9.17) is 11.5 Å². The van der Waals surface area contributed by atoms with Crippen molar-refractivity contribution in [1.82, 2.24) is 5.32 Å². The predicted molar refractivity (Wildman–Crippen MR) is 54.8 cm³/mol.